The van der Waals surface area contributed by atoms with E-state index in [1.54, 1.807) is 0 Å². The van der Waals surface area contributed by atoms with Crippen LogP contribution in [-0.4, -0.2) is 12.6 Å². The number of para-hydroxylation sites is 1. The van der Waals surface area contributed by atoms with E-state index in [0.717, 1.165) is 31.6 Å². The largest absolute Gasteiger partial charge is 0.492 e. The molecule has 1 aromatic rings. The Kier molecular flexibility index (Phi) is 2.44. The summed E-state index contributed by atoms with van der Waals surface area (Å²) in [5, 5.41) is 0. The first-order valence-electron chi connectivity index (χ1n) is 6.06. The van der Waals surface area contributed by atoms with Gasteiger partial charge in [0.05, 0.1) is 6.61 Å². The molecule has 16 heavy (non-hydrogen) atoms. The second-order valence-corrected chi connectivity index (χ2v) is 4.64. The second-order valence-electron chi connectivity index (χ2n) is 4.64. The van der Waals surface area contributed by atoms with Crippen LogP contribution in [0.2, 0.25) is 0 Å². The van der Waals surface area contributed by atoms with E-state index in [4.69, 9.17) is 10.5 Å². The Labute approximate surface area is 96.1 Å². The molecule has 0 saturated heterocycles. The van der Waals surface area contributed by atoms with Gasteiger partial charge < -0.3 is 10.5 Å². The summed E-state index contributed by atoms with van der Waals surface area (Å²) >= 11 is 0. The van der Waals surface area contributed by atoms with Gasteiger partial charge in [0.25, 0.3) is 0 Å². The van der Waals surface area contributed by atoms with Crippen molar-refractivity contribution in [2.45, 2.75) is 31.7 Å². The third-order valence-corrected chi connectivity index (χ3v) is 3.46. The van der Waals surface area contributed by atoms with Crippen LogP contribution in [0.25, 0.3) is 5.57 Å². The number of hydrogen-bond acceptors (Lipinski definition) is 2. The molecule has 1 aromatic carbocycles. The highest BCUT2D eigenvalue weighted by atomic mass is 16.5. The number of ether oxygens (including phenoxy) is 1. The Balaban J connectivity index is 2.03. The van der Waals surface area contributed by atoms with Gasteiger partial charge in [0.2, 0.25) is 0 Å². The maximum Gasteiger partial charge on any atom is 0.130 e. The molecule has 0 aromatic heterocycles. The molecule has 2 nitrogen and oxygen atoms in total. The van der Waals surface area contributed by atoms with Crippen molar-refractivity contribution in [3.63, 3.8) is 0 Å². The van der Waals surface area contributed by atoms with Gasteiger partial charge in [0.1, 0.15) is 5.75 Å². The van der Waals surface area contributed by atoms with Gasteiger partial charge in [-0.1, -0.05) is 24.3 Å². The molecular formula is C14H17NO. The summed E-state index contributed by atoms with van der Waals surface area (Å²) in [6.07, 6.45) is 6.69. The minimum Gasteiger partial charge on any atom is -0.492 e. The summed E-state index contributed by atoms with van der Waals surface area (Å²) < 4.78 is 5.74. The van der Waals surface area contributed by atoms with Crippen molar-refractivity contribution < 1.29 is 4.74 Å². The Bertz CT molecular complexity index is 436. The number of rotatable bonds is 1. The smallest absolute Gasteiger partial charge is 0.130 e. The molecule has 1 heterocycles. The van der Waals surface area contributed by atoms with Crippen LogP contribution >= 0.6 is 0 Å². The van der Waals surface area contributed by atoms with Gasteiger partial charge in [-0.2, -0.15) is 0 Å². The maximum atomic E-state index is 5.99. The third-order valence-electron chi connectivity index (χ3n) is 3.46. The molecule has 0 saturated carbocycles. The van der Waals surface area contributed by atoms with E-state index < -0.39 is 0 Å². The zero-order valence-electron chi connectivity index (χ0n) is 9.41. The van der Waals surface area contributed by atoms with Crippen molar-refractivity contribution >= 4 is 5.57 Å². The van der Waals surface area contributed by atoms with E-state index >= 15 is 0 Å². The fraction of sp³-hybridized carbons (Fsp3) is 0.429. The predicted molar refractivity (Wildman–Crippen MR) is 65.4 cm³/mol. The van der Waals surface area contributed by atoms with Crippen LogP contribution in [0.4, 0.5) is 0 Å². The first kappa shape index (κ1) is 9.91. The molecule has 1 aliphatic carbocycles. The van der Waals surface area contributed by atoms with Crippen molar-refractivity contribution in [1.29, 1.82) is 0 Å². The fourth-order valence-corrected chi connectivity index (χ4v) is 2.65. The lowest BCUT2D eigenvalue weighted by Crippen LogP contribution is -2.20. The molecule has 1 aliphatic heterocycles. The van der Waals surface area contributed by atoms with Crippen LogP contribution in [0.15, 0.2) is 24.3 Å². The minimum atomic E-state index is 0.223. The fourth-order valence-electron chi connectivity index (χ4n) is 2.65. The SMILES string of the molecule is NC1C=C(c2cccc3c2OCC3)CCC1. The van der Waals surface area contributed by atoms with Gasteiger partial charge in [-0.25, -0.2) is 0 Å². The van der Waals surface area contributed by atoms with Crippen molar-refractivity contribution in [3.05, 3.63) is 35.4 Å². The molecule has 2 N–H and O–H groups in total. The van der Waals surface area contributed by atoms with Crippen molar-refractivity contribution in [2.24, 2.45) is 5.73 Å². The van der Waals surface area contributed by atoms with E-state index in [2.05, 4.69) is 24.3 Å². The molecule has 2 aliphatic rings. The number of benzene rings is 1. The first-order valence-corrected chi connectivity index (χ1v) is 6.06. The van der Waals surface area contributed by atoms with Crippen LogP contribution in [0.1, 0.15) is 30.4 Å². The molecule has 1 atom stereocenters. The van der Waals surface area contributed by atoms with Gasteiger partial charge in [0, 0.05) is 18.0 Å². The van der Waals surface area contributed by atoms with Crippen LogP contribution in [0.5, 0.6) is 5.75 Å². The average Bonchev–Trinajstić information content (AvgIpc) is 2.76. The van der Waals surface area contributed by atoms with Crippen molar-refractivity contribution in [3.8, 4) is 5.75 Å². The lowest BCUT2D eigenvalue weighted by molar-refractivity contribution is 0.355. The summed E-state index contributed by atoms with van der Waals surface area (Å²) in [7, 11) is 0. The average molecular weight is 215 g/mol. The molecule has 0 spiro atoms. The monoisotopic (exact) mass is 215 g/mol. The molecule has 0 radical (unpaired) electrons. The summed E-state index contributed by atoms with van der Waals surface area (Å²) in [4.78, 5) is 0. The highest BCUT2D eigenvalue weighted by Crippen LogP contribution is 2.37. The highest BCUT2D eigenvalue weighted by Gasteiger charge is 2.20. The quantitative estimate of drug-likeness (QED) is 0.781. The third kappa shape index (κ3) is 1.63. The normalized spacial score (nSPS) is 23.6. The summed E-state index contributed by atoms with van der Waals surface area (Å²) in [5.41, 5.74) is 9.98. The molecule has 0 bridgehead atoms. The van der Waals surface area contributed by atoms with E-state index in [1.807, 2.05) is 0 Å². The van der Waals surface area contributed by atoms with Gasteiger partial charge in [-0.15, -0.1) is 0 Å². The zero-order valence-corrected chi connectivity index (χ0v) is 9.41. The van der Waals surface area contributed by atoms with Crippen LogP contribution < -0.4 is 10.5 Å². The number of nitrogens with two attached hydrogens (primary N) is 1. The van der Waals surface area contributed by atoms with Crippen LogP contribution in [0.3, 0.4) is 0 Å². The minimum absolute atomic E-state index is 0.223. The van der Waals surface area contributed by atoms with Gasteiger partial charge in [-0.05, 0) is 30.4 Å². The van der Waals surface area contributed by atoms with E-state index in [0.29, 0.717) is 0 Å². The Morgan fingerprint density at radius 1 is 1.25 bits per heavy atom. The highest BCUT2D eigenvalue weighted by molar-refractivity contribution is 5.73. The molecule has 1 unspecified atom stereocenters. The number of allylic oxidation sites excluding steroid dienone is 1. The van der Waals surface area contributed by atoms with E-state index in [1.165, 1.54) is 23.1 Å². The molecule has 2 heteroatoms. The summed E-state index contributed by atoms with van der Waals surface area (Å²) in [5.74, 6) is 1.10. The summed E-state index contributed by atoms with van der Waals surface area (Å²) in [6.45, 7) is 0.825. The topological polar surface area (TPSA) is 35.2 Å². The van der Waals surface area contributed by atoms with Gasteiger partial charge in [0.15, 0.2) is 0 Å². The second kappa shape index (κ2) is 3.95. The zero-order chi connectivity index (χ0) is 11.0. The standard InChI is InChI=1S/C14H17NO/c15-12-5-1-4-11(9-12)13-6-2-3-10-7-8-16-14(10)13/h2-3,6,9,12H,1,4-5,7-8,15H2. The molecule has 0 fully saturated rings. The van der Waals surface area contributed by atoms with Gasteiger partial charge in [-0.3, -0.25) is 0 Å². The predicted octanol–water partition coefficient (Wildman–Crippen LogP) is 2.52. The van der Waals surface area contributed by atoms with E-state index in [9.17, 15) is 0 Å². The molecule has 84 valence electrons. The summed E-state index contributed by atoms with van der Waals surface area (Å²) in [6, 6.07) is 6.67. The van der Waals surface area contributed by atoms with Crippen LogP contribution in [0, 0.1) is 0 Å². The molecule has 0 amide bonds. The number of fused-ring (bicyclic) bond motifs is 1. The first-order chi connectivity index (χ1) is 7.84. The Morgan fingerprint density at radius 3 is 3.06 bits per heavy atom. The van der Waals surface area contributed by atoms with Gasteiger partial charge >= 0.3 is 0 Å². The molecule has 3 rings (SSSR count). The number of hydrogen-bond donors (Lipinski definition) is 1. The maximum absolute atomic E-state index is 5.99. The van der Waals surface area contributed by atoms with Crippen molar-refractivity contribution in [1.82, 2.24) is 0 Å². The van der Waals surface area contributed by atoms with Crippen molar-refractivity contribution in [2.75, 3.05) is 6.61 Å². The molecular weight excluding hydrogens is 198 g/mol. The Morgan fingerprint density at radius 2 is 2.19 bits per heavy atom. The van der Waals surface area contributed by atoms with E-state index in [-0.39, 0.29) is 6.04 Å². The lowest BCUT2D eigenvalue weighted by atomic mass is 9.90. The van der Waals surface area contributed by atoms with Crippen LogP contribution in [-0.2, 0) is 6.42 Å². The lowest BCUT2D eigenvalue weighted by Gasteiger charge is -2.19. The Hall–Kier alpha value is -1.28.